The van der Waals surface area contributed by atoms with Crippen LogP contribution in [0.3, 0.4) is 0 Å². The van der Waals surface area contributed by atoms with Crippen LogP contribution in [0.1, 0.15) is 67.2 Å². The number of amides is 2. The molecule has 5 N–H and O–H groups in total. The number of nitrogens with zero attached hydrogens (tertiary/aromatic N) is 1. The molecular formula is C29H47N3O6. The number of nitrogens with two attached hydrogens (primary N) is 1. The van der Waals surface area contributed by atoms with Crippen molar-refractivity contribution < 1.29 is 29.3 Å². The van der Waals surface area contributed by atoms with E-state index in [0.29, 0.717) is 6.42 Å². The molecule has 2 fully saturated rings. The van der Waals surface area contributed by atoms with Crippen molar-refractivity contribution in [3.63, 3.8) is 0 Å². The van der Waals surface area contributed by atoms with Gasteiger partial charge in [0.1, 0.15) is 11.9 Å². The highest BCUT2D eigenvalue weighted by atomic mass is 16.5. The Hall–Kier alpha value is -2.33. The molecule has 0 aromatic heterocycles. The first-order valence-electron chi connectivity index (χ1n) is 13.7. The van der Waals surface area contributed by atoms with Gasteiger partial charge in [-0.25, -0.2) is 4.99 Å². The van der Waals surface area contributed by atoms with Crippen LogP contribution in [0.4, 0.5) is 0 Å². The van der Waals surface area contributed by atoms with Crippen LogP contribution in [0, 0.1) is 17.8 Å². The number of ether oxygens (including phenoxy) is 2. The fourth-order valence-electron chi connectivity index (χ4n) is 4.88. The lowest BCUT2D eigenvalue weighted by atomic mass is 9.87. The van der Waals surface area contributed by atoms with E-state index in [1.807, 2.05) is 32.9 Å². The molecule has 9 atom stereocenters. The summed E-state index contributed by atoms with van der Waals surface area (Å²) in [5.74, 6) is -0.688. The summed E-state index contributed by atoms with van der Waals surface area (Å²) >= 11 is 0. The molecule has 2 aliphatic heterocycles. The fourth-order valence-corrected chi connectivity index (χ4v) is 4.88. The topological polar surface area (TPSA) is 143 Å². The third-order valence-electron chi connectivity index (χ3n) is 7.48. The summed E-state index contributed by atoms with van der Waals surface area (Å²) in [5, 5.41) is 23.1. The highest BCUT2D eigenvalue weighted by Crippen LogP contribution is 2.29. The fraction of sp³-hybridized carbons (Fsp3) is 0.690. The van der Waals surface area contributed by atoms with E-state index in [0.717, 1.165) is 24.8 Å². The average Bonchev–Trinajstić information content (AvgIpc) is 2.87. The van der Waals surface area contributed by atoms with E-state index in [4.69, 9.17) is 15.2 Å². The maximum atomic E-state index is 12.5. The summed E-state index contributed by atoms with van der Waals surface area (Å²) in [5.41, 5.74) is 6.82. The average molecular weight is 534 g/mol. The molecule has 0 saturated carbocycles. The van der Waals surface area contributed by atoms with Crippen LogP contribution >= 0.6 is 0 Å². The summed E-state index contributed by atoms with van der Waals surface area (Å²) in [6.07, 6.45) is 10.8. The number of nitrogens with one attached hydrogen (secondary N) is 1. The van der Waals surface area contributed by atoms with Crippen LogP contribution in [0.25, 0.3) is 0 Å². The Kier molecular flexibility index (Phi) is 12.8. The molecule has 9 heteroatoms. The number of aliphatic hydroxyl groups excluding tert-OH is 2. The third-order valence-corrected chi connectivity index (χ3v) is 7.48. The van der Waals surface area contributed by atoms with Crippen molar-refractivity contribution in [3.8, 4) is 0 Å². The van der Waals surface area contributed by atoms with E-state index in [1.165, 1.54) is 13.0 Å². The van der Waals surface area contributed by atoms with Gasteiger partial charge in [-0.1, -0.05) is 50.6 Å². The van der Waals surface area contributed by atoms with E-state index < -0.39 is 12.2 Å². The maximum Gasteiger partial charge on any atom is 0.244 e. The number of carbonyl (C=O) groups is 2. The minimum Gasteiger partial charge on any atom is -0.396 e. The largest absolute Gasteiger partial charge is 0.396 e. The predicted molar refractivity (Wildman–Crippen MR) is 148 cm³/mol. The second-order valence-electron chi connectivity index (χ2n) is 10.8. The van der Waals surface area contributed by atoms with Crippen LogP contribution in [0.15, 0.2) is 40.9 Å². The molecule has 2 rings (SSSR count). The number of aliphatic imine (C=N–C) groups is 1. The summed E-state index contributed by atoms with van der Waals surface area (Å²) < 4.78 is 12.3. The second-order valence-corrected chi connectivity index (χ2v) is 10.8. The van der Waals surface area contributed by atoms with Crippen molar-refractivity contribution in [3.05, 3.63) is 36.0 Å². The molecule has 9 nitrogen and oxygen atoms in total. The Bertz CT molecular complexity index is 914. The van der Waals surface area contributed by atoms with Crippen LogP contribution in [-0.4, -0.2) is 71.0 Å². The molecule has 2 amide bonds. The van der Waals surface area contributed by atoms with Gasteiger partial charge in [0.15, 0.2) is 0 Å². The van der Waals surface area contributed by atoms with Crippen LogP contribution in [-0.2, 0) is 19.1 Å². The van der Waals surface area contributed by atoms with Gasteiger partial charge in [0.05, 0.1) is 30.5 Å². The van der Waals surface area contributed by atoms with E-state index >= 15 is 0 Å². The Morgan fingerprint density at radius 1 is 1.18 bits per heavy atom. The summed E-state index contributed by atoms with van der Waals surface area (Å²) in [6.45, 7) is 11.2. The first kappa shape index (κ1) is 31.9. The van der Waals surface area contributed by atoms with E-state index in [1.54, 1.807) is 13.0 Å². The lowest BCUT2D eigenvalue weighted by Gasteiger charge is -2.39. The van der Waals surface area contributed by atoms with Crippen LogP contribution < -0.4 is 11.1 Å². The van der Waals surface area contributed by atoms with Crippen LogP contribution in [0.2, 0.25) is 0 Å². The zero-order chi connectivity index (χ0) is 28.4. The number of hydrogen-bond donors (Lipinski definition) is 4. The number of rotatable bonds is 10. The van der Waals surface area contributed by atoms with Crippen LogP contribution in [0.5, 0.6) is 0 Å². The zero-order valence-electron chi connectivity index (χ0n) is 23.7. The first-order chi connectivity index (χ1) is 17.9. The summed E-state index contributed by atoms with van der Waals surface area (Å²) in [4.78, 5) is 27.2. The minimum atomic E-state index is -0.717. The molecule has 0 aromatic rings. The summed E-state index contributed by atoms with van der Waals surface area (Å²) in [6, 6.07) is -0.113. The zero-order valence-corrected chi connectivity index (χ0v) is 23.7. The SMILES string of the molecule is CC[C@@H]1CC(CO)[C@H](O)C(/C=C/C(C)=C/CC2OC(C)C(NC(=O)/C=C\C(C)C(N)=NC(C)=O)CC2C)O1. The quantitative estimate of drug-likeness (QED) is 0.146. The lowest BCUT2D eigenvalue weighted by molar-refractivity contribution is -0.133. The van der Waals surface area contributed by atoms with Crippen molar-refractivity contribution in [2.24, 2.45) is 28.5 Å². The van der Waals surface area contributed by atoms with Crippen molar-refractivity contribution >= 4 is 17.6 Å². The molecule has 2 saturated heterocycles. The van der Waals surface area contributed by atoms with Gasteiger partial charge in [-0.15, -0.1) is 0 Å². The number of aliphatic hydroxyl groups is 2. The van der Waals surface area contributed by atoms with Gasteiger partial charge in [0.2, 0.25) is 11.8 Å². The number of allylic oxidation sites excluding steroid dienone is 2. The number of hydrogen-bond acceptors (Lipinski definition) is 6. The van der Waals surface area contributed by atoms with Gasteiger partial charge in [-0.3, -0.25) is 9.59 Å². The molecule has 0 aliphatic carbocycles. The van der Waals surface area contributed by atoms with Gasteiger partial charge < -0.3 is 30.7 Å². The minimum absolute atomic E-state index is 0.0272. The van der Waals surface area contributed by atoms with Crippen molar-refractivity contribution in [1.82, 2.24) is 5.32 Å². The predicted octanol–water partition coefficient (Wildman–Crippen LogP) is 2.81. The highest BCUT2D eigenvalue weighted by molar-refractivity contribution is 5.95. The maximum absolute atomic E-state index is 12.5. The van der Waals surface area contributed by atoms with Gasteiger partial charge in [0, 0.05) is 25.4 Å². The molecule has 214 valence electrons. The second kappa shape index (κ2) is 15.3. The highest BCUT2D eigenvalue weighted by Gasteiger charge is 2.35. The molecule has 0 aromatic carbocycles. The van der Waals surface area contributed by atoms with E-state index in [9.17, 15) is 19.8 Å². The van der Waals surface area contributed by atoms with Gasteiger partial charge in [-0.2, -0.15) is 0 Å². The monoisotopic (exact) mass is 533 g/mol. The Labute approximate surface area is 227 Å². The van der Waals surface area contributed by atoms with Gasteiger partial charge in [-0.05, 0) is 51.5 Å². The Morgan fingerprint density at radius 3 is 2.53 bits per heavy atom. The molecule has 0 bridgehead atoms. The normalized spacial score (nSPS) is 34.0. The summed E-state index contributed by atoms with van der Waals surface area (Å²) in [7, 11) is 0. The smallest absolute Gasteiger partial charge is 0.244 e. The van der Waals surface area contributed by atoms with Crippen molar-refractivity contribution in [1.29, 1.82) is 0 Å². The molecular weight excluding hydrogens is 486 g/mol. The molecule has 2 heterocycles. The Morgan fingerprint density at radius 2 is 1.89 bits per heavy atom. The third kappa shape index (κ3) is 9.76. The van der Waals surface area contributed by atoms with Gasteiger partial charge in [0.25, 0.3) is 0 Å². The van der Waals surface area contributed by atoms with E-state index in [2.05, 4.69) is 23.3 Å². The van der Waals surface area contributed by atoms with Gasteiger partial charge >= 0.3 is 0 Å². The molecule has 0 radical (unpaired) electrons. The Balaban J connectivity index is 1.88. The molecule has 0 spiro atoms. The van der Waals surface area contributed by atoms with Crippen molar-refractivity contribution in [2.75, 3.05) is 6.61 Å². The molecule has 2 aliphatic rings. The van der Waals surface area contributed by atoms with Crippen molar-refractivity contribution in [2.45, 2.75) is 104 Å². The molecule has 38 heavy (non-hydrogen) atoms. The number of carbonyl (C=O) groups excluding carboxylic acids is 2. The lowest BCUT2D eigenvalue weighted by Crippen LogP contribution is -2.50. The standard InChI is InChI=1S/C29H47N3O6/c1-7-23-15-22(16-33)28(36)26(38-23)12-9-17(2)8-11-25-19(4)14-24(20(5)37-25)32-27(35)13-10-18(3)29(30)31-21(6)34/h8-10,12-13,18-20,22-26,28,33,36H,7,11,14-16H2,1-6H3,(H,32,35)(H2,30,31,34)/b12-9+,13-10-,17-8+/t18?,19?,20?,22?,23-,24?,25?,26?,28+/m1/s1. The molecule has 7 unspecified atom stereocenters. The van der Waals surface area contributed by atoms with E-state index in [-0.39, 0.29) is 66.4 Å². The number of amidine groups is 1. The first-order valence-corrected chi connectivity index (χ1v) is 13.7.